The summed E-state index contributed by atoms with van der Waals surface area (Å²) < 4.78 is 0. The summed E-state index contributed by atoms with van der Waals surface area (Å²) in [4.78, 5) is 10.8. The first-order valence-electron chi connectivity index (χ1n) is 4.68. The van der Waals surface area contributed by atoms with Crippen LogP contribution in [0.3, 0.4) is 0 Å². The molecule has 1 aliphatic carbocycles. The lowest BCUT2D eigenvalue weighted by molar-refractivity contribution is -0.118. The van der Waals surface area contributed by atoms with Crippen molar-refractivity contribution in [2.75, 3.05) is 0 Å². The zero-order valence-corrected chi connectivity index (χ0v) is 7.60. The highest BCUT2D eigenvalue weighted by atomic mass is 16.1. The Bertz CT molecular complexity index is 140. The standard InChI is InChI=1S/C10H18O/c1-8-4-3-5-10(6-8)7-9(2)11/h8,10H,3-7H2,1-2H3/t8-,10?/m1/s1. The average Bonchev–Trinajstić information content (AvgIpc) is 1.85. The van der Waals surface area contributed by atoms with Gasteiger partial charge in [0.15, 0.2) is 0 Å². The van der Waals surface area contributed by atoms with E-state index in [1.807, 2.05) is 0 Å². The van der Waals surface area contributed by atoms with E-state index in [4.69, 9.17) is 0 Å². The molecule has 0 amide bonds. The zero-order valence-electron chi connectivity index (χ0n) is 7.60. The second kappa shape index (κ2) is 3.89. The summed E-state index contributed by atoms with van der Waals surface area (Å²) in [6.45, 7) is 4.01. The van der Waals surface area contributed by atoms with E-state index in [0.29, 0.717) is 11.7 Å². The number of ketones is 1. The van der Waals surface area contributed by atoms with E-state index in [1.165, 1.54) is 25.7 Å². The third kappa shape index (κ3) is 3.04. The van der Waals surface area contributed by atoms with Crippen LogP contribution in [0.5, 0.6) is 0 Å². The molecule has 11 heavy (non-hydrogen) atoms. The predicted molar refractivity (Wildman–Crippen MR) is 46.4 cm³/mol. The molecule has 1 unspecified atom stereocenters. The number of hydrogen-bond acceptors (Lipinski definition) is 1. The molecule has 0 bridgehead atoms. The van der Waals surface area contributed by atoms with Crippen LogP contribution in [0.15, 0.2) is 0 Å². The van der Waals surface area contributed by atoms with Gasteiger partial charge in [-0.1, -0.05) is 26.2 Å². The molecule has 0 saturated heterocycles. The van der Waals surface area contributed by atoms with E-state index in [2.05, 4.69) is 6.92 Å². The monoisotopic (exact) mass is 154 g/mol. The quantitative estimate of drug-likeness (QED) is 0.597. The van der Waals surface area contributed by atoms with Crippen LogP contribution < -0.4 is 0 Å². The van der Waals surface area contributed by atoms with Gasteiger partial charge in [0, 0.05) is 6.42 Å². The van der Waals surface area contributed by atoms with Crippen molar-refractivity contribution in [3.05, 3.63) is 0 Å². The summed E-state index contributed by atoms with van der Waals surface area (Å²) in [7, 11) is 0. The van der Waals surface area contributed by atoms with Crippen molar-refractivity contribution >= 4 is 5.78 Å². The van der Waals surface area contributed by atoms with Crippen molar-refractivity contribution in [3.8, 4) is 0 Å². The highest BCUT2D eigenvalue weighted by Gasteiger charge is 2.19. The number of hydrogen-bond donors (Lipinski definition) is 0. The van der Waals surface area contributed by atoms with Crippen molar-refractivity contribution in [2.24, 2.45) is 11.8 Å². The lowest BCUT2D eigenvalue weighted by atomic mass is 9.80. The fourth-order valence-electron chi connectivity index (χ4n) is 2.15. The maximum atomic E-state index is 10.8. The highest BCUT2D eigenvalue weighted by Crippen LogP contribution is 2.30. The molecule has 0 N–H and O–H groups in total. The molecule has 1 saturated carbocycles. The Hall–Kier alpha value is -0.330. The molecule has 64 valence electrons. The average molecular weight is 154 g/mol. The molecule has 1 fully saturated rings. The Balaban J connectivity index is 2.28. The summed E-state index contributed by atoms with van der Waals surface area (Å²) >= 11 is 0. The first-order chi connectivity index (χ1) is 5.18. The van der Waals surface area contributed by atoms with Crippen LogP contribution in [0, 0.1) is 11.8 Å². The minimum Gasteiger partial charge on any atom is -0.300 e. The smallest absolute Gasteiger partial charge is 0.130 e. The van der Waals surface area contributed by atoms with Crippen LogP contribution in [0.1, 0.15) is 46.0 Å². The molecular weight excluding hydrogens is 136 g/mol. The summed E-state index contributed by atoms with van der Waals surface area (Å²) in [5, 5.41) is 0. The van der Waals surface area contributed by atoms with Gasteiger partial charge in [0.1, 0.15) is 5.78 Å². The van der Waals surface area contributed by atoms with Crippen LogP contribution in [0.4, 0.5) is 0 Å². The lowest BCUT2D eigenvalue weighted by Gasteiger charge is -2.25. The Morgan fingerprint density at radius 2 is 2.18 bits per heavy atom. The van der Waals surface area contributed by atoms with Crippen molar-refractivity contribution in [2.45, 2.75) is 46.0 Å². The van der Waals surface area contributed by atoms with Crippen molar-refractivity contribution in [3.63, 3.8) is 0 Å². The van der Waals surface area contributed by atoms with E-state index < -0.39 is 0 Å². The van der Waals surface area contributed by atoms with Gasteiger partial charge in [-0.15, -0.1) is 0 Å². The van der Waals surface area contributed by atoms with Crippen LogP contribution in [-0.2, 0) is 4.79 Å². The molecule has 0 aromatic carbocycles. The summed E-state index contributed by atoms with van der Waals surface area (Å²) in [6, 6.07) is 0. The summed E-state index contributed by atoms with van der Waals surface area (Å²) in [5.74, 6) is 1.92. The summed E-state index contributed by atoms with van der Waals surface area (Å²) in [6.07, 6.45) is 6.08. The van der Waals surface area contributed by atoms with Gasteiger partial charge in [0.05, 0.1) is 0 Å². The van der Waals surface area contributed by atoms with Crippen molar-refractivity contribution < 1.29 is 4.79 Å². The van der Waals surface area contributed by atoms with Gasteiger partial charge in [-0.2, -0.15) is 0 Å². The fraction of sp³-hybridized carbons (Fsp3) is 0.900. The molecule has 0 aliphatic heterocycles. The second-order valence-corrected chi connectivity index (χ2v) is 4.04. The van der Waals surface area contributed by atoms with Crippen molar-refractivity contribution in [1.29, 1.82) is 0 Å². The lowest BCUT2D eigenvalue weighted by Crippen LogP contribution is -2.15. The molecule has 0 aromatic heterocycles. The number of carbonyl (C=O) groups is 1. The molecule has 0 heterocycles. The molecule has 1 nitrogen and oxygen atoms in total. The van der Waals surface area contributed by atoms with Gasteiger partial charge >= 0.3 is 0 Å². The summed E-state index contributed by atoms with van der Waals surface area (Å²) in [5.41, 5.74) is 0. The minimum absolute atomic E-state index is 0.365. The van der Waals surface area contributed by atoms with Crippen molar-refractivity contribution in [1.82, 2.24) is 0 Å². The number of rotatable bonds is 2. The Kier molecular flexibility index (Phi) is 3.10. The maximum absolute atomic E-state index is 10.8. The van der Waals surface area contributed by atoms with Crippen LogP contribution in [0.25, 0.3) is 0 Å². The molecule has 0 radical (unpaired) electrons. The number of Topliss-reactive ketones (excluding diaryl/α,β-unsaturated/α-hetero) is 1. The second-order valence-electron chi connectivity index (χ2n) is 4.04. The SMILES string of the molecule is CC(=O)CC1CCC[C@@H](C)C1. The van der Waals surface area contributed by atoms with Gasteiger partial charge in [0.25, 0.3) is 0 Å². The van der Waals surface area contributed by atoms with Crippen LogP contribution in [0.2, 0.25) is 0 Å². The van der Waals surface area contributed by atoms with E-state index >= 15 is 0 Å². The first-order valence-corrected chi connectivity index (χ1v) is 4.68. The third-order valence-corrected chi connectivity index (χ3v) is 2.62. The largest absolute Gasteiger partial charge is 0.300 e. The van der Waals surface area contributed by atoms with E-state index in [0.717, 1.165) is 12.3 Å². The van der Waals surface area contributed by atoms with Gasteiger partial charge < -0.3 is 4.79 Å². The van der Waals surface area contributed by atoms with E-state index in [-0.39, 0.29) is 0 Å². The fourth-order valence-corrected chi connectivity index (χ4v) is 2.15. The Morgan fingerprint density at radius 1 is 1.45 bits per heavy atom. The Labute approximate surface area is 69.2 Å². The van der Waals surface area contributed by atoms with Gasteiger partial charge in [-0.05, 0) is 25.2 Å². The third-order valence-electron chi connectivity index (χ3n) is 2.62. The van der Waals surface area contributed by atoms with Crippen LogP contribution in [-0.4, -0.2) is 5.78 Å². The maximum Gasteiger partial charge on any atom is 0.130 e. The van der Waals surface area contributed by atoms with E-state index in [9.17, 15) is 4.79 Å². The van der Waals surface area contributed by atoms with E-state index in [1.54, 1.807) is 6.92 Å². The topological polar surface area (TPSA) is 17.1 Å². The van der Waals surface area contributed by atoms with Gasteiger partial charge in [-0.3, -0.25) is 0 Å². The highest BCUT2D eigenvalue weighted by molar-refractivity contribution is 5.75. The van der Waals surface area contributed by atoms with Gasteiger partial charge in [-0.25, -0.2) is 0 Å². The molecule has 0 spiro atoms. The van der Waals surface area contributed by atoms with Gasteiger partial charge in [0.2, 0.25) is 0 Å². The molecule has 1 aliphatic rings. The van der Waals surface area contributed by atoms with Crippen LogP contribution >= 0.6 is 0 Å². The first kappa shape index (κ1) is 8.76. The molecule has 2 atom stereocenters. The molecule has 1 rings (SSSR count). The Morgan fingerprint density at radius 3 is 2.73 bits per heavy atom. The molecule has 0 aromatic rings. The normalized spacial score (nSPS) is 31.8. The molecule has 1 heteroatoms. The zero-order chi connectivity index (χ0) is 8.27. The molecular formula is C10H18O. The number of carbonyl (C=O) groups excluding carboxylic acids is 1. The predicted octanol–water partition coefficient (Wildman–Crippen LogP) is 2.79. The minimum atomic E-state index is 0.365.